The Morgan fingerprint density at radius 1 is 0.565 bits per heavy atom. The van der Waals surface area contributed by atoms with Crippen molar-refractivity contribution in [3.05, 3.63) is 104 Å². The second-order valence-electron chi connectivity index (χ2n) is 11.6. The zero-order valence-corrected chi connectivity index (χ0v) is 28.2. The first kappa shape index (κ1) is 36.9. The SMILES string of the molecule is CCCCCCCCCCCCCCCCOc1ccccc1[Si](OCc1ccccc1[N+](=O)[O-])OCc1ccccc1[N+](=O)[O-]. The summed E-state index contributed by atoms with van der Waals surface area (Å²) < 4.78 is 18.6. The fourth-order valence-electron chi connectivity index (χ4n) is 5.35. The van der Waals surface area contributed by atoms with E-state index >= 15 is 0 Å². The minimum Gasteiger partial charge on any atom is -0.494 e. The van der Waals surface area contributed by atoms with Crippen molar-refractivity contribution in [3.8, 4) is 5.75 Å². The Labute approximate surface area is 275 Å². The van der Waals surface area contributed by atoms with Gasteiger partial charge in [-0.05, 0) is 24.6 Å². The number of nitro benzene ring substituents is 2. The van der Waals surface area contributed by atoms with Gasteiger partial charge in [-0.3, -0.25) is 20.2 Å². The highest BCUT2D eigenvalue weighted by Crippen LogP contribution is 2.22. The standard InChI is InChI=1S/C36H49N2O7Si/c1-2-3-4-5-6-7-8-9-10-11-12-13-14-21-28-43-35-26-19-20-27-36(35)46(44-29-31-22-15-17-24-33(31)37(39)40)45-30-32-23-16-18-25-34(32)38(41)42/h15-20,22-27H,2-14,21,28-30H2,1H3. The first-order valence-corrected chi connectivity index (χ1v) is 18.1. The fourth-order valence-corrected chi connectivity index (χ4v) is 6.90. The van der Waals surface area contributed by atoms with E-state index in [1.165, 1.54) is 89.2 Å². The molecule has 9 nitrogen and oxygen atoms in total. The lowest BCUT2D eigenvalue weighted by Gasteiger charge is -2.19. The maximum Gasteiger partial charge on any atom is 0.428 e. The van der Waals surface area contributed by atoms with Crippen molar-refractivity contribution >= 4 is 25.8 Å². The van der Waals surface area contributed by atoms with Crippen molar-refractivity contribution < 1.29 is 23.4 Å². The summed E-state index contributed by atoms with van der Waals surface area (Å²) in [4.78, 5) is 22.3. The lowest BCUT2D eigenvalue weighted by molar-refractivity contribution is -0.385. The van der Waals surface area contributed by atoms with E-state index in [0.29, 0.717) is 23.5 Å². The van der Waals surface area contributed by atoms with Crippen LogP contribution in [0.2, 0.25) is 0 Å². The normalized spacial score (nSPS) is 11.2. The molecule has 0 saturated heterocycles. The summed E-state index contributed by atoms with van der Waals surface area (Å²) in [6.07, 6.45) is 18.0. The number of nitro groups is 2. The summed E-state index contributed by atoms with van der Waals surface area (Å²) >= 11 is 0. The number of nitrogens with zero attached hydrogens (tertiary/aromatic N) is 2. The minimum atomic E-state index is -2.27. The van der Waals surface area contributed by atoms with Crippen molar-refractivity contribution in [2.75, 3.05) is 6.61 Å². The predicted molar refractivity (Wildman–Crippen MR) is 183 cm³/mol. The Hall–Kier alpha value is -3.60. The van der Waals surface area contributed by atoms with Crippen LogP contribution in [0.15, 0.2) is 72.8 Å². The zero-order valence-electron chi connectivity index (χ0n) is 27.2. The molecule has 0 heterocycles. The highest BCUT2D eigenvalue weighted by atomic mass is 28.3. The molecule has 3 aromatic rings. The molecule has 46 heavy (non-hydrogen) atoms. The second-order valence-corrected chi connectivity index (χ2v) is 13.3. The van der Waals surface area contributed by atoms with Crippen LogP contribution in [0.3, 0.4) is 0 Å². The molecule has 0 bridgehead atoms. The number of benzene rings is 3. The van der Waals surface area contributed by atoms with Crippen molar-refractivity contribution in [1.29, 1.82) is 0 Å². The van der Waals surface area contributed by atoms with Crippen LogP contribution in [0.5, 0.6) is 5.75 Å². The molecule has 10 heteroatoms. The third-order valence-corrected chi connectivity index (χ3v) is 9.62. The average molecular weight is 650 g/mol. The van der Waals surface area contributed by atoms with E-state index in [-0.39, 0.29) is 24.6 Å². The molecule has 0 amide bonds. The van der Waals surface area contributed by atoms with Gasteiger partial charge >= 0.3 is 9.28 Å². The zero-order chi connectivity index (χ0) is 32.8. The predicted octanol–water partition coefficient (Wildman–Crippen LogP) is 9.49. The maximum absolute atomic E-state index is 11.6. The second kappa shape index (κ2) is 22.0. The van der Waals surface area contributed by atoms with Gasteiger partial charge in [-0.15, -0.1) is 0 Å². The van der Waals surface area contributed by atoms with Crippen LogP contribution in [0.4, 0.5) is 11.4 Å². The third kappa shape index (κ3) is 13.4. The van der Waals surface area contributed by atoms with E-state index in [9.17, 15) is 20.2 Å². The molecule has 0 fully saturated rings. The molecule has 0 saturated carbocycles. The van der Waals surface area contributed by atoms with E-state index in [1.54, 1.807) is 36.4 Å². The van der Waals surface area contributed by atoms with Gasteiger partial charge in [-0.2, -0.15) is 0 Å². The average Bonchev–Trinajstić information content (AvgIpc) is 3.07. The molecule has 0 aliphatic carbocycles. The largest absolute Gasteiger partial charge is 0.494 e. The molecule has 3 aromatic carbocycles. The van der Waals surface area contributed by atoms with Crippen molar-refractivity contribution in [2.24, 2.45) is 0 Å². The Morgan fingerprint density at radius 2 is 0.978 bits per heavy atom. The lowest BCUT2D eigenvalue weighted by atomic mass is 10.0. The summed E-state index contributed by atoms with van der Waals surface area (Å²) in [5.74, 6) is 0.635. The van der Waals surface area contributed by atoms with Crippen LogP contribution in [-0.2, 0) is 22.1 Å². The van der Waals surface area contributed by atoms with Gasteiger partial charge in [0.25, 0.3) is 11.4 Å². The fraction of sp³-hybridized carbons (Fsp3) is 0.500. The maximum atomic E-state index is 11.6. The van der Waals surface area contributed by atoms with Gasteiger partial charge in [0, 0.05) is 17.3 Å². The van der Waals surface area contributed by atoms with Gasteiger partial charge in [0.1, 0.15) is 5.75 Å². The molecule has 0 aromatic heterocycles. The van der Waals surface area contributed by atoms with Crippen LogP contribution in [-0.4, -0.2) is 25.7 Å². The number of para-hydroxylation sites is 3. The summed E-state index contributed by atoms with van der Waals surface area (Å²) in [5.41, 5.74) is 0.768. The van der Waals surface area contributed by atoms with Gasteiger partial charge < -0.3 is 13.6 Å². The van der Waals surface area contributed by atoms with E-state index < -0.39 is 19.1 Å². The van der Waals surface area contributed by atoms with Crippen LogP contribution in [0.25, 0.3) is 0 Å². The summed E-state index contributed by atoms with van der Waals surface area (Å²) in [6, 6.07) is 20.3. The summed E-state index contributed by atoms with van der Waals surface area (Å²) in [6.45, 7) is 2.72. The third-order valence-electron chi connectivity index (χ3n) is 7.96. The molecule has 0 spiro atoms. The van der Waals surface area contributed by atoms with Gasteiger partial charge in [0.15, 0.2) is 0 Å². The molecule has 249 valence electrons. The smallest absolute Gasteiger partial charge is 0.428 e. The number of rotatable bonds is 25. The summed E-state index contributed by atoms with van der Waals surface area (Å²) in [5, 5.41) is 23.8. The molecular weight excluding hydrogens is 600 g/mol. The van der Waals surface area contributed by atoms with Crippen LogP contribution in [0, 0.1) is 20.2 Å². The molecular formula is C36H49N2O7Si. The number of unbranched alkanes of at least 4 members (excludes halogenated alkanes) is 13. The molecule has 0 unspecified atom stereocenters. The first-order chi connectivity index (χ1) is 22.5. The van der Waals surface area contributed by atoms with Gasteiger partial charge in [0.05, 0.1) is 40.8 Å². The topological polar surface area (TPSA) is 114 Å². The van der Waals surface area contributed by atoms with E-state index in [4.69, 9.17) is 13.6 Å². The molecule has 0 N–H and O–H groups in total. The van der Waals surface area contributed by atoms with Gasteiger partial charge in [-0.1, -0.05) is 133 Å². The summed E-state index contributed by atoms with van der Waals surface area (Å²) in [7, 11) is -2.27. The molecule has 0 aliphatic rings. The van der Waals surface area contributed by atoms with Gasteiger partial charge in [-0.25, -0.2) is 0 Å². The first-order valence-electron chi connectivity index (χ1n) is 16.8. The van der Waals surface area contributed by atoms with E-state index in [1.807, 2.05) is 24.3 Å². The Morgan fingerprint density at radius 3 is 1.46 bits per heavy atom. The van der Waals surface area contributed by atoms with Crippen molar-refractivity contribution in [1.82, 2.24) is 0 Å². The Kier molecular flexibility index (Phi) is 17.6. The van der Waals surface area contributed by atoms with Crippen LogP contribution >= 0.6 is 0 Å². The van der Waals surface area contributed by atoms with Crippen molar-refractivity contribution in [2.45, 2.75) is 110 Å². The minimum absolute atomic E-state index is 0.0371. The molecule has 1 radical (unpaired) electrons. The van der Waals surface area contributed by atoms with Crippen LogP contribution in [0.1, 0.15) is 108 Å². The van der Waals surface area contributed by atoms with E-state index in [2.05, 4.69) is 6.92 Å². The quantitative estimate of drug-likeness (QED) is 0.0389. The molecule has 3 rings (SSSR count). The number of hydrogen-bond donors (Lipinski definition) is 0. The van der Waals surface area contributed by atoms with Gasteiger partial charge in [0.2, 0.25) is 0 Å². The van der Waals surface area contributed by atoms with Crippen molar-refractivity contribution in [3.63, 3.8) is 0 Å². The number of ether oxygens (including phenoxy) is 1. The highest BCUT2D eigenvalue weighted by molar-refractivity contribution is 6.62. The number of hydrogen-bond acceptors (Lipinski definition) is 7. The van der Waals surface area contributed by atoms with Crippen LogP contribution < -0.4 is 9.92 Å². The highest BCUT2D eigenvalue weighted by Gasteiger charge is 2.27. The molecule has 0 aliphatic heterocycles. The Balaban J connectivity index is 1.52. The van der Waals surface area contributed by atoms with E-state index in [0.717, 1.165) is 18.0 Å². The Bertz CT molecular complexity index is 1260. The molecule has 0 atom stereocenters. The monoisotopic (exact) mass is 649 g/mol. The lowest BCUT2D eigenvalue weighted by Crippen LogP contribution is -2.38.